The predicted molar refractivity (Wildman–Crippen MR) is 124 cm³/mol. The first kappa shape index (κ1) is 23.6. The number of anilines is 1. The number of fused-ring (bicyclic) bond motifs is 1. The molecule has 0 saturated carbocycles. The van der Waals surface area contributed by atoms with Crippen molar-refractivity contribution in [3.05, 3.63) is 46.9 Å². The molecule has 0 bridgehead atoms. The molecule has 176 valence electrons. The summed E-state index contributed by atoms with van der Waals surface area (Å²) < 4.78 is 38.4. The van der Waals surface area contributed by atoms with Gasteiger partial charge in [-0.05, 0) is 47.0 Å². The molecule has 2 heterocycles. The number of rotatable bonds is 6. The van der Waals surface area contributed by atoms with Crippen LogP contribution in [0.15, 0.2) is 41.3 Å². The fourth-order valence-corrected chi connectivity index (χ4v) is 4.94. The zero-order chi connectivity index (χ0) is 23.4. The smallest absolute Gasteiger partial charge is 0.250 e. The summed E-state index contributed by atoms with van der Waals surface area (Å²) in [6.45, 7) is 3.05. The standard InChI is InChI=1S/C23H27N3O6S/c24-14-20(33(29,30)25-15-22-23(28)21(27)5-8-32-22)12-16-1-2-18-13-19(4-3-17(18)11-16)26-6-9-31-10-7-26/h1-4,11-13,21-23,25,27-28H,5-10,15H2/b20-12+/t21-,22-,23+/m1/s1. The second-order valence-corrected chi connectivity index (χ2v) is 9.85. The fourth-order valence-electron chi connectivity index (χ4n) is 3.99. The van der Waals surface area contributed by atoms with Crippen molar-refractivity contribution in [2.24, 2.45) is 0 Å². The molecule has 2 saturated heterocycles. The summed E-state index contributed by atoms with van der Waals surface area (Å²) in [5.74, 6) is 0. The van der Waals surface area contributed by atoms with Gasteiger partial charge in [0.15, 0.2) is 4.91 Å². The topological polar surface area (TPSA) is 132 Å². The number of nitrogens with one attached hydrogen (secondary N) is 1. The monoisotopic (exact) mass is 473 g/mol. The lowest BCUT2D eigenvalue weighted by Gasteiger charge is -2.31. The van der Waals surface area contributed by atoms with Crippen LogP contribution in [-0.4, -0.2) is 76.4 Å². The molecule has 9 nitrogen and oxygen atoms in total. The van der Waals surface area contributed by atoms with E-state index in [2.05, 4.69) is 15.7 Å². The van der Waals surface area contributed by atoms with Crippen molar-refractivity contribution in [3.63, 3.8) is 0 Å². The average Bonchev–Trinajstić information content (AvgIpc) is 2.83. The summed E-state index contributed by atoms with van der Waals surface area (Å²) in [5, 5.41) is 31.1. The van der Waals surface area contributed by atoms with Crippen LogP contribution in [0.25, 0.3) is 16.8 Å². The number of aliphatic hydroxyl groups is 2. The summed E-state index contributed by atoms with van der Waals surface area (Å²) in [4.78, 5) is 1.81. The van der Waals surface area contributed by atoms with E-state index in [1.807, 2.05) is 24.3 Å². The van der Waals surface area contributed by atoms with Crippen LogP contribution in [0.2, 0.25) is 0 Å². The first-order chi connectivity index (χ1) is 15.9. The van der Waals surface area contributed by atoms with Crippen molar-refractivity contribution in [3.8, 4) is 6.07 Å². The zero-order valence-electron chi connectivity index (χ0n) is 18.1. The Bertz CT molecular complexity index is 1170. The molecule has 4 rings (SSSR count). The molecular formula is C23H27N3O6S. The molecule has 3 atom stereocenters. The van der Waals surface area contributed by atoms with Crippen LogP contribution >= 0.6 is 0 Å². The Kier molecular flexibility index (Phi) is 7.29. The van der Waals surface area contributed by atoms with Gasteiger partial charge in [-0.2, -0.15) is 5.26 Å². The highest BCUT2D eigenvalue weighted by Crippen LogP contribution is 2.25. The van der Waals surface area contributed by atoms with E-state index in [-0.39, 0.29) is 19.6 Å². The molecule has 0 aromatic heterocycles. The largest absolute Gasteiger partial charge is 0.390 e. The Morgan fingerprint density at radius 2 is 1.88 bits per heavy atom. The first-order valence-corrected chi connectivity index (χ1v) is 12.3. The van der Waals surface area contributed by atoms with Gasteiger partial charge in [0.2, 0.25) is 0 Å². The Hall–Kier alpha value is -2.52. The van der Waals surface area contributed by atoms with Crippen molar-refractivity contribution in [1.82, 2.24) is 4.72 Å². The quantitative estimate of drug-likeness (QED) is 0.529. The van der Waals surface area contributed by atoms with Gasteiger partial charge in [-0.3, -0.25) is 0 Å². The third-order valence-electron chi connectivity index (χ3n) is 5.92. The van der Waals surface area contributed by atoms with Crippen LogP contribution in [0.4, 0.5) is 5.69 Å². The Balaban J connectivity index is 1.50. The maximum absolute atomic E-state index is 12.7. The summed E-state index contributed by atoms with van der Waals surface area (Å²) in [5.41, 5.74) is 1.68. The number of hydrogen-bond acceptors (Lipinski definition) is 8. The van der Waals surface area contributed by atoms with E-state index >= 15 is 0 Å². The number of allylic oxidation sites excluding steroid dienone is 1. The highest BCUT2D eigenvalue weighted by Gasteiger charge is 2.32. The van der Waals surface area contributed by atoms with E-state index in [4.69, 9.17) is 9.47 Å². The van der Waals surface area contributed by atoms with Gasteiger partial charge < -0.3 is 24.6 Å². The van der Waals surface area contributed by atoms with E-state index < -0.39 is 33.2 Å². The minimum Gasteiger partial charge on any atom is -0.390 e. The molecule has 2 aliphatic heterocycles. The first-order valence-electron chi connectivity index (χ1n) is 10.8. The van der Waals surface area contributed by atoms with Crippen LogP contribution < -0.4 is 9.62 Å². The maximum Gasteiger partial charge on any atom is 0.250 e. The van der Waals surface area contributed by atoms with Crippen molar-refractivity contribution in [2.75, 3.05) is 44.4 Å². The normalized spacial score (nSPS) is 24.6. The highest BCUT2D eigenvalue weighted by atomic mass is 32.2. The van der Waals surface area contributed by atoms with Crippen LogP contribution in [0.5, 0.6) is 0 Å². The number of sulfonamides is 1. The fraction of sp³-hybridized carbons (Fsp3) is 0.435. The predicted octanol–water partition coefficient (Wildman–Crippen LogP) is 0.971. The van der Waals surface area contributed by atoms with E-state index in [1.165, 1.54) is 6.08 Å². The molecule has 2 fully saturated rings. The second-order valence-electron chi connectivity index (χ2n) is 8.12. The number of morpholine rings is 1. The van der Waals surface area contributed by atoms with Gasteiger partial charge in [0, 0.05) is 31.9 Å². The van der Waals surface area contributed by atoms with Gasteiger partial charge in [-0.25, -0.2) is 13.1 Å². The molecule has 0 amide bonds. The van der Waals surface area contributed by atoms with Crippen LogP contribution in [0.1, 0.15) is 12.0 Å². The summed E-state index contributed by atoms with van der Waals surface area (Å²) >= 11 is 0. The molecule has 0 spiro atoms. The minimum atomic E-state index is -4.13. The highest BCUT2D eigenvalue weighted by molar-refractivity contribution is 7.93. The van der Waals surface area contributed by atoms with Crippen molar-refractivity contribution in [1.29, 1.82) is 5.26 Å². The van der Waals surface area contributed by atoms with E-state index in [9.17, 15) is 23.9 Å². The molecule has 2 aromatic rings. The molecule has 2 aromatic carbocycles. The second kappa shape index (κ2) is 10.2. The SMILES string of the molecule is N#C/C(=C\c1ccc2cc(N3CCOCC3)ccc2c1)S(=O)(=O)NC[C@H]1OCC[C@@H](O)[C@@H]1O. The average molecular weight is 474 g/mol. The van der Waals surface area contributed by atoms with Gasteiger partial charge in [0.1, 0.15) is 12.2 Å². The molecule has 0 unspecified atom stereocenters. The van der Waals surface area contributed by atoms with E-state index in [0.29, 0.717) is 18.8 Å². The Morgan fingerprint density at radius 3 is 2.64 bits per heavy atom. The van der Waals surface area contributed by atoms with Crippen molar-refractivity contribution < 1.29 is 28.1 Å². The molecule has 0 radical (unpaired) electrons. The number of benzene rings is 2. The molecular weight excluding hydrogens is 446 g/mol. The number of nitriles is 1. The third-order valence-corrected chi connectivity index (χ3v) is 7.25. The number of ether oxygens (including phenoxy) is 2. The summed E-state index contributed by atoms with van der Waals surface area (Å²) in [6, 6.07) is 13.3. The van der Waals surface area contributed by atoms with Gasteiger partial charge in [0.25, 0.3) is 10.0 Å². The van der Waals surface area contributed by atoms with Crippen LogP contribution in [0, 0.1) is 11.3 Å². The number of nitrogens with zero attached hydrogens (tertiary/aromatic N) is 2. The van der Waals surface area contributed by atoms with E-state index in [1.54, 1.807) is 12.1 Å². The lowest BCUT2D eigenvalue weighted by Crippen LogP contribution is -2.49. The Labute approximate surface area is 192 Å². The van der Waals surface area contributed by atoms with Crippen molar-refractivity contribution >= 4 is 32.6 Å². The van der Waals surface area contributed by atoms with Crippen LogP contribution in [0.3, 0.4) is 0 Å². The number of hydrogen-bond donors (Lipinski definition) is 3. The van der Waals surface area contributed by atoms with Gasteiger partial charge in [-0.1, -0.05) is 18.2 Å². The summed E-state index contributed by atoms with van der Waals surface area (Å²) in [6.07, 6.45) is -1.46. The van der Waals surface area contributed by atoms with E-state index in [0.717, 1.165) is 29.5 Å². The minimum absolute atomic E-state index is 0.218. The lowest BCUT2D eigenvalue weighted by molar-refractivity contribution is -0.131. The molecule has 2 aliphatic rings. The Morgan fingerprint density at radius 1 is 1.15 bits per heavy atom. The van der Waals surface area contributed by atoms with Gasteiger partial charge in [-0.15, -0.1) is 0 Å². The molecule has 10 heteroatoms. The molecule has 3 N–H and O–H groups in total. The lowest BCUT2D eigenvalue weighted by atomic mass is 10.0. The zero-order valence-corrected chi connectivity index (χ0v) is 18.9. The molecule has 0 aliphatic carbocycles. The maximum atomic E-state index is 12.7. The molecule has 33 heavy (non-hydrogen) atoms. The van der Waals surface area contributed by atoms with Crippen LogP contribution in [-0.2, 0) is 19.5 Å². The summed E-state index contributed by atoms with van der Waals surface area (Å²) in [7, 11) is -4.13. The third kappa shape index (κ3) is 5.52. The van der Waals surface area contributed by atoms with Gasteiger partial charge in [0.05, 0.1) is 25.4 Å². The van der Waals surface area contributed by atoms with Gasteiger partial charge >= 0.3 is 0 Å². The van der Waals surface area contributed by atoms with Crippen molar-refractivity contribution in [2.45, 2.75) is 24.7 Å². The number of aliphatic hydroxyl groups excluding tert-OH is 2.